The minimum atomic E-state index is -0.213. The van der Waals surface area contributed by atoms with Gasteiger partial charge in [0.1, 0.15) is 5.75 Å². The highest BCUT2D eigenvalue weighted by molar-refractivity contribution is 6.32. The number of hydrogen-bond acceptors (Lipinski definition) is 2. The van der Waals surface area contributed by atoms with Crippen LogP contribution in [0.2, 0.25) is 5.02 Å². The molecule has 0 aromatic heterocycles. The van der Waals surface area contributed by atoms with Crippen LogP contribution in [-0.4, -0.2) is 13.0 Å². The molecule has 4 heteroatoms. The fourth-order valence-electron chi connectivity index (χ4n) is 1.66. The number of hydrogen-bond donors (Lipinski definition) is 1. The number of benzene rings is 2. The van der Waals surface area contributed by atoms with Crippen LogP contribution >= 0.6 is 11.6 Å². The van der Waals surface area contributed by atoms with E-state index in [4.69, 9.17) is 16.3 Å². The minimum absolute atomic E-state index is 0.213. The first kappa shape index (κ1) is 14.2. The first-order valence-corrected chi connectivity index (χ1v) is 6.44. The van der Waals surface area contributed by atoms with Crippen LogP contribution in [0.5, 0.6) is 5.75 Å². The molecule has 0 spiro atoms. The van der Waals surface area contributed by atoms with Gasteiger partial charge in [0.25, 0.3) is 0 Å². The normalized spacial score (nSPS) is 10.5. The summed E-state index contributed by atoms with van der Waals surface area (Å²) < 4.78 is 5.05. The van der Waals surface area contributed by atoms with Gasteiger partial charge in [0.05, 0.1) is 12.1 Å². The number of nitrogens with one attached hydrogen (secondary N) is 1. The van der Waals surface area contributed by atoms with Crippen molar-refractivity contribution in [2.75, 3.05) is 12.4 Å². The maximum atomic E-state index is 11.8. The summed E-state index contributed by atoms with van der Waals surface area (Å²) in [5.74, 6) is 0.361. The zero-order valence-electron chi connectivity index (χ0n) is 11.0. The van der Waals surface area contributed by atoms with Crippen LogP contribution in [0.15, 0.2) is 54.6 Å². The van der Waals surface area contributed by atoms with Crippen molar-refractivity contribution < 1.29 is 9.53 Å². The van der Waals surface area contributed by atoms with E-state index in [9.17, 15) is 4.79 Å². The SMILES string of the molecule is COc1ccc(NC(=O)/C=C/c2ccccc2)cc1Cl. The molecule has 0 saturated heterocycles. The molecule has 1 N–H and O–H groups in total. The van der Waals surface area contributed by atoms with Crippen molar-refractivity contribution in [1.82, 2.24) is 0 Å². The van der Waals surface area contributed by atoms with Gasteiger partial charge in [0.2, 0.25) is 5.91 Å². The highest BCUT2D eigenvalue weighted by Crippen LogP contribution is 2.27. The van der Waals surface area contributed by atoms with Gasteiger partial charge < -0.3 is 10.1 Å². The Bertz CT molecular complexity index is 624. The molecule has 0 aliphatic carbocycles. The molecule has 102 valence electrons. The molecule has 2 aromatic rings. The van der Waals surface area contributed by atoms with Gasteiger partial charge in [-0.05, 0) is 29.8 Å². The Morgan fingerprint density at radius 2 is 1.95 bits per heavy atom. The number of methoxy groups -OCH3 is 1. The summed E-state index contributed by atoms with van der Waals surface area (Å²) in [5.41, 5.74) is 1.59. The minimum Gasteiger partial charge on any atom is -0.495 e. The summed E-state index contributed by atoms with van der Waals surface area (Å²) in [7, 11) is 1.54. The van der Waals surface area contributed by atoms with Crippen LogP contribution in [0.3, 0.4) is 0 Å². The second-order valence-corrected chi connectivity index (χ2v) is 4.49. The molecule has 3 nitrogen and oxygen atoms in total. The molecule has 0 fully saturated rings. The summed E-state index contributed by atoms with van der Waals surface area (Å²) in [5, 5.41) is 3.19. The van der Waals surface area contributed by atoms with Gasteiger partial charge in [-0.15, -0.1) is 0 Å². The molecule has 0 aliphatic heterocycles. The molecular formula is C16H14ClNO2. The van der Waals surface area contributed by atoms with Crippen molar-refractivity contribution in [1.29, 1.82) is 0 Å². The van der Waals surface area contributed by atoms with Crippen LogP contribution in [0, 0.1) is 0 Å². The number of rotatable bonds is 4. The summed E-state index contributed by atoms with van der Waals surface area (Å²) in [6, 6.07) is 14.7. The van der Waals surface area contributed by atoms with Gasteiger partial charge in [-0.3, -0.25) is 4.79 Å². The zero-order valence-corrected chi connectivity index (χ0v) is 11.7. The Hall–Kier alpha value is -2.26. The molecule has 0 heterocycles. The lowest BCUT2D eigenvalue weighted by Gasteiger charge is -2.06. The van der Waals surface area contributed by atoms with E-state index in [0.717, 1.165) is 5.56 Å². The summed E-state index contributed by atoms with van der Waals surface area (Å²) >= 11 is 5.99. The number of halogens is 1. The third kappa shape index (κ3) is 3.87. The molecule has 1 amide bonds. The van der Waals surface area contributed by atoms with E-state index in [1.165, 1.54) is 6.08 Å². The molecule has 0 bridgehead atoms. The van der Waals surface area contributed by atoms with Crippen molar-refractivity contribution in [3.63, 3.8) is 0 Å². The Balaban J connectivity index is 2.01. The predicted octanol–water partition coefficient (Wildman–Crippen LogP) is 4.00. The van der Waals surface area contributed by atoms with Crippen LogP contribution in [0.25, 0.3) is 6.08 Å². The molecule has 0 saturated carbocycles. The van der Waals surface area contributed by atoms with E-state index in [2.05, 4.69) is 5.32 Å². The summed E-state index contributed by atoms with van der Waals surface area (Å²) in [4.78, 5) is 11.8. The molecule has 2 aromatic carbocycles. The highest BCUT2D eigenvalue weighted by Gasteiger charge is 2.03. The summed E-state index contributed by atoms with van der Waals surface area (Å²) in [6.45, 7) is 0. The maximum absolute atomic E-state index is 11.8. The Morgan fingerprint density at radius 3 is 2.60 bits per heavy atom. The number of carbonyl (C=O) groups is 1. The Kier molecular flexibility index (Phi) is 4.80. The molecule has 0 atom stereocenters. The molecule has 0 aliphatic rings. The van der Waals surface area contributed by atoms with Gasteiger partial charge in [0, 0.05) is 11.8 Å². The second-order valence-electron chi connectivity index (χ2n) is 4.08. The standard InChI is InChI=1S/C16H14ClNO2/c1-20-15-9-8-13(11-14(15)17)18-16(19)10-7-12-5-3-2-4-6-12/h2-11H,1H3,(H,18,19)/b10-7+. The van der Waals surface area contributed by atoms with E-state index in [1.54, 1.807) is 31.4 Å². The number of carbonyl (C=O) groups excluding carboxylic acids is 1. The number of anilines is 1. The summed E-state index contributed by atoms with van der Waals surface area (Å²) in [6.07, 6.45) is 3.23. The first-order chi connectivity index (χ1) is 9.69. The lowest BCUT2D eigenvalue weighted by atomic mass is 10.2. The van der Waals surface area contributed by atoms with Crippen molar-refractivity contribution in [2.24, 2.45) is 0 Å². The third-order valence-electron chi connectivity index (χ3n) is 2.65. The van der Waals surface area contributed by atoms with Gasteiger partial charge >= 0.3 is 0 Å². The van der Waals surface area contributed by atoms with E-state index in [-0.39, 0.29) is 5.91 Å². The van der Waals surface area contributed by atoms with Crippen LogP contribution < -0.4 is 10.1 Å². The van der Waals surface area contributed by atoms with Crippen molar-refractivity contribution in [3.8, 4) is 5.75 Å². The van der Waals surface area contributed by atoms with E-state index in [1.807, 2.05) is 30.3 Å². The van der Waals surface area contributed by atoms with Gasteiger partial charge in [-0.1, -0.05) is 41.9 Å². The van der Waals surface area contributed by atoms with E-state index < -0.39 is 0 Å². The number of amides is 1. The monoisotopic (exact) mass is 287 g/mol. The van der Waals surface area contributed by atoms with Gasteiger partial charge in [-0.2, -0.15) is 0 Å². The van der Waals surface area contributed by atoms with Crippen molar-refractivity contribution >= 4 is 29.3 Å². The predicted molar refractivity (Wildman–Crippen MR) is 82.1 cm³/mol. The Morgan fingerprint density at radius 1 is 1.20 bits per heavy atom. The molecular weight excluding hydrogens is 274 g/mol. The van der Waals surface area contributed by atoms with Crippen molar-refractivity contribution in [2.45, 2.75) is 0 Å². The smallest absolute Gasteiger partial charge is 0.248 e. The van der Waals surface area contributed by atoms with Crippen LogP contribution in [0.1, 0.15) is 5.56 Å². The van der Waals surface area contributed by atoms with E-state index in [0.29, 0.717) is 16.5 Å². The fourth-order valence-corrected chi connectivity index (χ4v) is 1.92. The average Bonchev–Trinajstić information content (AvgIpc) is 2.46. The maximum Gasteiger partial charge on any atom is 0.248 e. The largest absolute Gasteiger partial charge is 0.495 e. The topological polar surface area (TPSA) is 38.3 Å². The van der Waals surface area contributed by atoms with Crippen LogP contribution in [-0.2, 0) is 4.79 Å². The highest BCUT2D eigenvalue weighted by atomic mass is 35.5. The third-order valence-corrected chi connectivity index (χ3v) is 2.94. The number of ether oxygens (including phenoxy) is 1. The van der Waals surface area contributed by atoms with Crippen molar-refractivity contribution in [3.05, 3.63) is 65.2 Å². The molecule has 20 heavy (non-hydrogen) atoms. The molecule has 0 unspecified atom stereocenters. The molecule has 2 rings (SSSR count). The van der Waals surface area contributed by atoms with E-state index >= 15 is 0 Å². The van der Waals surface area contributed by atoms with Gasteiger partial charge in [0.15, 0.2) is 0 Å². The quantitative estimate of drug-likeness (QED) is 0.863. The fraction of sp³-hybridized carbons (Fsp3) is 0.0625. The molecule has 0 radical (unpaired) electrons. The Labute approximate surface area is 122 Å². The van der Waals surface area contributed by atoms with Crippen LogP contribution in [0.4, 0.5) is 5.69 Å². The lowest BCUT2D eigenvalue weighted by Crippen LogP contribution is -2.07. The first-order valence-electron chi connectivity index (χ1n) is 6.06. The zero-order chi connectivity index (χ0) is 14.4. The second kappa shape index (κ2) is 6.78. The average molecular weight is 288 g/mol. The van der Waals surface area contributed by atoms with Gasteiger partial charge in [-0.25, -0.2) is 0 Å². The lowest BCUT2D eigenvalue weighted by molar-refractivity contribution is -0.111.